The molecule has 37 heavy (non-hydrogen) atoms. The highest BCUT2D eigenvalue weighted by molar-refractivity contribution is 5.79. The monoisotopic (exact) mass is 497 g/mol. The van der Waals surface area contributed by atoms with Gasteiger partial charge in [-0.3, -0.25) is 14.1 Å². The minimum absolute atomic E-state index is 0.235. The van der Waals surface area contributed by atoms with Crippen molar-refractivity contribution in [2.24, 2.45) is 0 Å². The molecule has 0 aliphatic rings. The molecule has 0 saturated heterocycles. The molecule has 0 aliphatic heterocycles. The van der Waals surface area contributed by atoms with E-state index in [1.807, 2.05) is 43.3 Å². The summed E-state index contributed by atoms with van der Waals surface area (Å²) in [5.74, 6) is 0.105. The molecule has 1 N–H and O–H groups in total. The van der Waals surface area contributed by atoms with Gasteiger partial charge >= 0.3 is 5.69 Å². The van der Waals surface area contributed by atoms with Gasteiger partial charge in [-0.05, 0) is 53.3 Å². The molecule has 8 nitrogen and oxygen atoms in total. The van der Waals surface area contributed by atoms with Crippen molar-refractivity contribution in [3.05, 3.63) is 100 Å². The predicted octanol–water partition coefficient (Wildman–Crippen LogP) is 4.97. The molecule has 0 amide bonds. The van der Waals surface area contributed by atoms with Gasteiger partial charge in [-0.25, -0.2) is 9.18 Å². The van der Waals surface area contributed by atoms with Crippen LogP contribution in [0.2, 0.25) is 0 Å². The number of hydrogen-bond acceptors (Lipinski definition) is 5. The first-order chi connectivity index (χ1) is 18.1. The lowest BCUT2D eigenvalue weighted by atomic mass is 10.0. The fourth-order valence-corrected chi connectivity index (χ4v) is 4.60. The number of pyridine rings is 1. The summed E-state index contributed by atoms with van der Waals surface area (Å²) in [5.41, 5.74) is 5.43. The first-order valence-corrected chi connectivity index (χ1v) is 12.5. The van der Waals surface area contributed by atoms with Gasteiger partial charge < -0.3 is 0 Å². The Morgan fingerprint density at radius 2 is 1.86 bits per heavy atom. The van der Waals surface area contributed by atoms with Crippen molar-refractivity contribution >= 4 is 0 Å². The Labute approximate surface area is 213 Å². The van der Waals surface area contributed by atoms with E-state index in [0.29, 0.717) is 24.5 Å². The molecule has 0 fully saturated rings. The van der Waals surface area contributed by atoms with Crippen LogP contribution in [0.3, 0.4) is 0 Å². The normalized spacial score (nSPS) is 11.2. The summed E-state index contributed by atoms with van der Waals surface area (Å²) in [6.07, 6.45) is 8.59. The van der Waals surface area contributed by atoms with Gasteiger partial charge in [0.15, 0.2) is 0 Å². The third-order valence-corrected chi connectivity index (χ3v) is 6.55. The van der Waals surface area contributed by atoms with Crippen molar-refractivity contribution in [1.29, 1.82) is 0 Å². The number of hydrogen-bond donors (Lipinski definition) is 1. The van der Waals surface area contributed by atoms with Crippen LogP contribution < -0.4 is 5.69 Å². The maximum absolute atomic E-state index is 14.9. The molecule has 3 aromatic heterocycles. The summed E-state index contributed by atoms with van der Waals surface area (Å²) in [6.45, 7) is 4.48. The second-order valence-corrected chi connectivity index (χ2v) is 8.92. The third kappa shape index (κ3) is 4.84. The molecule has 5 rings (SSSR count). The largest absolute Gasteiger partial charge is 0.333 e. The molecule has 9 heteroatoms. The molecule has 0 spiro atoms. The van der Waals surface area contributed by atoms with Crippen molar-refractivity contribution in [1.82, 2.24) is 34.7 Å². The quantitative estimate of drug-likeness (QED) is 0.310. The maximum Gasteiger partial charge on any atom is 0.333 e. The average Bonchev–Trinajstić information content (AvgIpc) is 3.57. The predicted molar refractivity (Wildman–Crippen MR) is 140 cm³/mol. The van der Waals surface area contributed by atoms with Gasteiger partial charge in [0, 0.05) is 35.4 Å². The number of para-hydroxylation sites is 1. The Morgan fingerprint density at radius 1 is 1.03 bits per heavy atom. The van der Waals surface area contributed by atoms with Gasteiger partial charge in [-0.15, -0.1) is 10.2 Å². The molecule has 0 unspecified atom stereocenters. The number of aromatic nitrogens is 7. The lowest BCUT2D eigenvalue weighted by molar-refractivity contribution is 0.610. The van der Waals surface area contributed by atoms with E-state index in [1.54, 1.807) is 29.2 Å². The van der Waals surface area contributed by atoms with Gasteiger partial charge in [-0.2, -0.15) is 5.21 Å². The second-order valence-electron chi connectivity index (χ2n) is 8.92. The van der Waals surface area contributed by atoms with Crippen molar-refractivity contribution in [3.8, 4) is 28.2 Å². The number of rotatable bonds is 9. The van der Waals surface area contributed by atoms with Gasteiger partial charge in [0.1, 0.15) is 5.82 Å². The Hall–Kier alpha value is -4.40. The maximum atomic E-state index is 14.9. The third-order valence-electron chi connectivity index (χ3n) is 6.55. The number of unbranched alkanes of at least 4 members (excludes halogenated alkanes) is 1. The highest BCUT2D eigenvalue weighted by Gasteiger charge is 2.18. The first kappa shape index (κ1) is 24.3. The van der Waals surface area contributed by atoms with E-state index in [0.717, 1.165) is 52.8 Å². The number of nitrogens with one attached hydrogen (secondary N) is 1. The van der Waals surface area contributed by atoms with E-state index in [1.165, 1.54) is 10.6 Å². The smallest absolute Gasteiger partial charge is 0.292 e. The number of nitrogens with zero attached hydrogens (tertiary/aromatic N) is 6. The van der Waals surface area contributed by atoms with E-state index < -0.39 is 0 Å². The van der Waals surface area contributed by atoms with E-state index in [9.17, 15) is 9.18 Å². The molecule has 0 bridgehead atoms. The van der Waals surface area contributed by atoms with E-state index >= 15 is 0 Å². The fourth-order valence-electron chi connectivity index (χ4n) is 4.60. The molecule has 2 aromatic carbocycles. The van der Waals surface area contributed by atoms with Crippen molar-refractivity contribution < 1.29 is 4.39 Å². The summed E-state index contributed by atoms with van der Waals surface area (Å²) < 4.78 is 18.1. The van der Waals surface area contributed by atoms with Gasteiger partial charge in [0.2, 0.25) is 5.82 Å². The van der Waals surface area contributed by atoms with Crippen LogP contribution in [0.25, 0.3) is 28.2 Å². The topological polar surface area (TPSA) is 94.3 Å². The Morgan fingerprint density at radius 3 is 2.59 bits per heavy atom. The van der Waals surface area contributed by atoms with Crippen molar-refractivity contribution in [3.63, 3.8) is 0 Å². The molecule has 0 atom stereocenters. The van der Waals surface area contributed by atoms with Crippen molar-refractivity contribution in [2.45, 2.75) is 46.1 Å². The van der Waals surface area contributed by atoms with Crippen LogP contribution in [0.15, 0.2) is 71.9 Å². The number of aryl methyl sites for hydroxylation is 2. The number of tetrazole rings is 1. The molecule has 0 radical (unpaired) electrons. The summed E-state index contributed by atoms with van der Waals surface area (Å²) in [6, 6.07) is 14.8. The van der Waals surface area contributed by atoms with Crippen LogP contribution in [0, 0.1) is 5.82 Å². The minimum Gasteiger partial charge on any atom is -0.292 e. The van der Waals surface area contributed by atoms with Crippen LogP contribution in [0.4, 0.5) is 4.39 Å². The molecule has 0 aliphatic carbocycles. The summed E-state index contributed by atoms with van der Waals surface area (Å²) in [7, 11) is 0. The van der Waals surface area contributed by atoms with Crippen LogP contribution in [-0.4, -0.2) is 34.7 Å². The van der Waals surface area contributed by atoms with E-state index in [4.69, 9.17) is 0 Å². The zero-order valence-electron chi connectivity index (χ0n) is 20.9. The van der Waals surface area contributed by atoms with Crippen LogP contribution in [-0.2, 0) is 19.4 Å². The van der Waals surface area contributed by atoms with Gasteiger partial charge in [0.25, 0.3) is 0 Å². The van der Waals surface area contributed by atoms with Crippen molar-refractivity contribution in [2.75, 3.05) is 0 Å². The Balaban J connectivity index is 1.50. The van der Waals surface area contributed by atoms with E-state index in [2.05, 4.69) is 32.5 Å². The zero-order chi connectivity index (χ0) is 25.8. The average molecular weight is 498 g/mol. The molecule has 188 valence electrons. The number of halogens is 1. The van der Waals surface area contributed by atoms with Gasteiger partial charge in [0.05, 0.1) is 12.2 Å². The summed E-state index contributed by atoms with van der Waals surface area (Å²) in [4.78, 5) is 17.8. The summed E-state index contributed by atoms with van der Waals surface area (Å²) in [5, 5.41) is 14.3. The lowest BCUT2D eigenvalue weighted by Crippen LogP contribution is -2.26. The number of benzene rings is 2. The van der Waals surface area contributed by atoms with Crippen LogP contribution in [0.5, 0.6) is 0 Å². The highest BCUT2D eigenvalue weighted by atomic mass is 19.1. The number of imidazole rings is 1. The molecular formula is C28H28FN7O. The molecule has 3 heterocycles. The second kappa shape index (κ2) is 10.7. The molecule has 0 saturated carbocycles. The highest BCUT2D eigenvalue weighted by Crippen LogP contribution is 2.29. The molecular weight excluding hydrogens is 469 g/mol. The SMILES string of the molecule is CCCCc1cn(-c2c(F)cccc2CC)c(=O)n1Cc1ccc(-c2cnccc2-c2nn[nH]n2)cc1. The number of aromatic amines is 1. The summed E-state index contributed by atoms with van der Waals surface area (Å²) >= 11 is 0. The number of H-pyrrole nitrogens is 1. The zero-order valence-corrected chi connectivity index (χ0v) is 20.9. The standard InChI is InChI=1S/C28H28FN7O/c1-3-5-8-22-18-36(26-20(4-2)7-6-9-25(26)29)28(37)35(22)17-19-10-12-21(13-11-19)24-16-30-15-14-23(24)27-31-33-34-32-27/h6-7,9-16,18H,3-5,8,17H2,1-2H3,(H,31,32,33,34). The first-order valence-electron chi connectivity index (χ1n) is 12.5. The van der Waals surface area contributed by atoms with Crippen LogP contribution >= 0.6 is 0 Å². The van der Waals surface area contributed by atoms with Gasteiger partial charge in [-0.1, -0.05) is 56.7 Å². The lowest BCUT2D eigenvalue weighted by Gasteiger charge is -2.10. The Bertz CT molecular complexity index is 1550. The molecule has 5 aromatic rings. The Kier molecular flexibility index (Phi) is 7.02. The fraction of sp³-hybridized carbons (Fsp3) is 0.250. The van der Waals surface area contributed by atoms with Crippen LogP contribution in [0.1, 0.15) is 43.5 Å². The minimum atomic E-state index is -0.390. The van der Waals surface area contributed by atoms with E-state index in [-0.39, 0.29) is 11.5 Å².